The number of rotatable bonds is 5. The molecular formula is C20H25NO2S. The molecule has 0 aliphatic rings. The topological polar surface area (TPSA) is 38.3 Å². The van der Waals surface area contributed by atoms with E-state index in [1.54, 1.807) is 18.9 Å². The van der Waals surface area contributed by atoms with E-state index < -0.39 is 0 Å². The fraction of sp³-hybridized carbons (Fsp3) is 0.350. The van der Waals surface area contributed by atoms with Crippen LogP contribution in [0.2, 0.25) is 0 Å². The lowest BCUT2D eigenvalue weighted by Crippen LogP contribution is -2.23. The van der Waals surface area contributed by atoms with Gasteiger partial charge in [-0.25, -0.2) is 0 Å². The highest BCUT2D eigenvalue weighted by molar-refractivity contribution is 8.00. The van der Waals surface area contributed by atoms with Crippen LogP contribution >= 0.6 is 11.8 Å². The lowest BCUT2D eigenvalue weighted by molar-refractivity contribution is -0.115. The number of nitrogens with one attached hydrogen (secondary N) is 1. The largest absolute Gasteiger partial charge is 0.495 e. The Kier molecular flexibility index (Phi) is 5.94. The Labute approximate surface area is 148 Å². The Bertz CT molecular complexity index is 693. The molecule has 0 saturated heterocycles. The van der Waals surface area contributed by atoms with Crippen molar-refractivity contribution in [2.24, 2.45) is 0 Å². The molecule has 2 aromatic rings. The Morgan fingerprint density at radius 2 is 1.79 bits per heavy atom. The molecule has 0 fully saturated rings. The second-order valence-corrected chi connectivity index (χ2v) is 8.14. The van der Waals surface area contributed by atoms with Crippen LogP contribution in [0.3, 0.4) is 0 Å². The number of methoxy groups -OCH3 is 1. The van der Waals surface area contributed by atoms with Gasteiger partial charge < -0.3 is 10.1 Å². The van der Waals surface area contributed by atoms with E-state index in [0.717, 1.165) is 16.1 Å². The minimum absolute atomic E-state index is 0.0101. The SMILES string of the molecule is COc1ccc(C(C)(C)C)cc1NC(=O)[C@@H](C)Sc1ccccc1. The maximum absolute atomic E-state index is 12.6. The zero-order chi connectivity index (χ0) is 17.7. The van der Waals surface area contributed by atoms with Gasteiger partial charge in [-0.2, -0.15) is 0 Å². The molecule has 0 spiro atoms. The number of amides is 1. The van der Waals surface area contributed by atoms with Crippen LogP contribution < -0.4 is 10.1 Å². The van der Waals surface area contributed by atoms with Crippen LogP contribution in [0.5, 0.6) is 5.75 Å². The van der Waals surface area contributed by atoms with Gasteiger partial charge >= 0.3 is 0 Å². The zero-order valence-corrected chi connectivity index (χ0v) is 15.7. The number of carbonyl (C=O) groups excluding carboxylic acids is 1. The van der Waals surface area contributed by atoms with Gasteiger partial charge in [-0.15, -0.1) is 11.8 Å². The fourth-order valence-corrected chi connectivity index (χ4v) is 3.15. The van der Waals surface area contributed by atoms with E-state index in [1.807, 2.05) is 55.5 Å². The van der Waals surface area contributed by atoms with Crippen LogP contribution in [0.1, 0.15) is 33.3 Å². The molecule has 1 amide bonds. The standard InChI is InChI=1S/C20H25NO2S/c1-14(24-16-9-7-6-8-10-16)19(22)21-17-13-15(20(2,3)4)11-12-18(17)23-5/h6-14H,1-5H3,(H,21,22)/t14-/m1/s1. The molecule has 24 heavy (non-hydrogen) atoms. The number of thioether (sulfide) groups is 1. The summed E-state index contributed by atoms with van der Waals surface area (Å²) in [6, 6.07) is 15.9. The number of anilines is 1. The number of carbonyl (C=O) groups is 1. The van der Waals surface area contributed by atoms with Crippen molar-refractivity contribution < 1.29 is 9.53 Å². The van der Waals surface area contributed by atoms with Crippen molar-refractivity contribution in [1.29, 1.82) is 0 Å². The summed E-state index contributed by atoms with van der Waals surface area (Å²) in [5.41, 5.74) is 1.88. The molecule has 0 unspecified atom stereocenters. The quantitative estimate of drug-likeness (QED) is 0.767. The maximum atomic E-state index is 12.6. The fourth-order valence-electron chi connectivity index (χ4n) is 2.26. The van der Waals surface area contributed by atoms with Gasteiger partial charge in [-0.3, -0.25) is 4.79 Å². The normalized spacial score (nSPS) is 12.5. The summed E-state index contributed by atoms with van der Waals surface area (Å²) in [7, 11) is 1.61. The van der Waals surface area contributed by atoms with E-state index in [2.05, 4.69) is 26.1 Å². The van der Waals surface area contributed by atoms with Crippen molar-refractivity contribution in [3.05, 3.63) is 54.1 Å². The average Bonchev–Trinajstić information content (AvgIpc) is 2.54. The van der Waals surface area contributed by atoms with Crippen LogP contribution in [-0.2, 0) is 10.2 Å². The first kappa shape index (κ1) is 18.4. The van der Waals surface area contributed by atoms with Crippen LogP contribution in [-0.4, -0.2) is 18.3 Å². The number of benzene rings is 2. The van der Waals surface area contributed by atoms with E-state index in [1.165, 1.54) is 0 Å². The van der Waals surface area contributed by atoms with Crippen LogP contribution in [0, 0.1) is 0 Å². The third-order valence-electron chi connectivity index (χ3n) is 3.75. The molecule has 0 radical (unpaired) electrons. The highest BCUT2D eigenvalue weighted by atomic mass is 32.2. The first-order valence-electron chi connectivity index (χ1n) is 8.02. The second kappa shape index (κ2) is 7.75. The van der Waals surface area contributed by atoms with E-state index in [4.69, 9.17) is 4.74 Å². The monoisotopic (exact) mass is 343 g/mol. The maximum Gasteiger partial charge on any atom is 0.237 e. The molecule has 0 aliphatic heterocycles. The average molecular weight is 343 g/mol. The molecule has 0 heterocycles. The molecule has 2 aromatic carbocycles. The molecule has 0 saturated carbocycles. The second-order valence-electron chi connectivity index (χ2n) is 6.73. The van der Waals surface area contributed by atoms with E-state index >= 15 is 0 Å². The van der Waals surface area contributed by atoms with Gasteiger partial charge in [0.15, 0.2) is 0 Å². The first-order chi connectivity index (χ1) is 11.3. The van der Waals surface area contributed by atoms with Crippen molar-refractivity contribution in [2.45, 2.75) is 43.3 Å². The molecule has 0 aromatic heterocycles. The Hall–Kier alpha value is -1.94. The lowest BCUT2D eigenvalue weighted by atomic mass is 9.87. The van der Waals surface area contributed by atoms with Gasteiger partial charge in [-0.1, -0.05) is 45.0 Å². The predicted molar refractivity (Wildman–Crippen MR) is 102 cm³/mol. The van der Waals surface area contributed by atoms with E-state index in [0.29, 0.717) is 5.75 Å². The zero-order valence-electron chi connectivity index (χ0n) is 14.9. The third-order valence-corrected chi connectivity index (χ3v) is 4.86. The summed E-state index contributed by atoms with van der Waals surface area (Å²) in [6.07, 6.45) is 0. The van der Waals surface area contributed by atoms with Gasteiger partial charge in [0.05, 0.1) is 18.0 Å². The lowest BCUT2D eigenvalue weighted by Gasteiger charge is -2.22. The van der Waals surface area contributed by atoms with Crippen LogP contribution in [0.4, 0.5) is 5.69 Å². The predicted octanol–water partition coefficient (Wildman–Crippen LogP) is 5.11. The van der Waals surface area contributed by atoms with Crippen LogP contribution in [0.25, 0.3) is 0 Å². The minimum Gasteiger partial charge on any atom is -0.495 e. The molecule has 2 rings (SSSR count). The minimum atomic E-state index is -0.199. The van der Waals surface area contributed by atoms with Gasteiger partial charge in [-0.05, 0) is 42.2 Å². The van der Waals surface area contributed by atoms with E-state index in [-0.39, 0.29) is 16.6 Å². The van der Waals surface area contributed by atoms with Gasteiger partial charge in [0.1, 0.15) is 5.75 Å². The van der Waals surface area contributed by atoms with Crippen LogP contribution in [0.15, 0.2) is 53.4 Å². The molecule has 3 nitrogen and oxygen atoms in total. The molecular weight excluding hydrogens is 318 g/mol. The molecule has 0 bridgehead atoms. The summed E-state index contributed by atoms with van der Waals surface area (Å²) in [5, 5.41) is 2.81. The van der Waals surface area contributed by atoms with Gasteiger partial charge in [0.25, 0.3) is 0 Å². The van der Waals surface area contributed by atoms with Crippen molar-refractivity contribution in [1.82, 2.24) is 0 Å². The Balaban J connectivity index is 2.15. The summed E-state index contributed by atoms with van der Waals surface area (Å²) in [5.74, 6) is 0.640. The van der Waals surface area contributed by atoms with Crippen molar-refractivity contribution in [2.75, 3.05) is 12.4 Å². The Morgan fingerprint density at radius 3 is 2.38 bits per heavy atom. The van der Waals surface area contributed by atoms with Crippen molar-refractivity contribution in [3.8, 4) is 5.75 Å². The van der Waals surface area contributed by atoms with Gasteiger partial charge in [0, 0.05) is 4.90 Å². The molecule has 4 heteroatoms. The van der Waals surface area contributed by atoms with Gasteiger partial charge in [0.2, 0.25) is 5.91 Å². The van der Waals surface area contributed by atoms with Crippen molar-refractivity contribution >= 4 is 23.4 Å². The van der Waals surface area contributed by atoms with E-state index in [9.17, 15) is 4.79 Å². The number of hydrogen-bond donors (Lipinski definition) is 1. The molecule has 1 N–H and O–H groups in total. The van der Waals surface area contributed by atoms with Crippen molar-refractivity contribution in [3.63, 3.8) is 0 Å². The summed E-state index contributed by atoms with van der Waals surface area (Å²) < 4.78 is 5.39. The summed E-state index contributed by atoms with van der Waals surface area (Å²) >= 11 is 1.54. The molecule has 128 valence electrons. The molecule has 1 atom stereocenters. The highest BCUT2D eigenvalue weighted by Crippen LogP contribution is 2.32. The number of ether oxygens (including phenoxy) is 1. The first-order valence-corrected chi connectivity index (χ1v) is 8.90. The smallest absolute Gasteiger partial charge is 0.237 e. The highest BCUT2D eigenvalue weighted by Gasteiger charge is 2.19. The number of hydrogen-bond acceptors (Lipinski definition) is 3. The Morgan fingerprint density at radius 1 is 1.12 bits per heavy atom. The summed E-state index contributed by atoms with van der Waals surface area (Å²) in [6.45, 7) is 8.35. The molecule has 0 aliphatic carbocycles. The third kappa shape index (κ3) is 4.78. The summed E-state index contributed by atoms with van der Waals surface area (Å²) in [4.78, 5) is 13.6.